The topological polar surface area (TPSA) is 67.4 Å². The van der Waals surface area contributed by atoms with Crippen molar-refractivity contribution in [2.45, 2.75) is 65.2 Å². The molecule has 166 valence electrons. The Morgan fingerprint density at radius 2 is 1.97 bits per heavy atom. The van der Waals surface area contributed by atoms with Gasteiger partial charge in [0.15, 0.2) is 0 Å². The standard InChI is InChI=1S/C24H31FN4O2/c1-15-13-29(14-16(2)31-15)23-26-12-18-20(10-24(3,4)11-21(18)28-23)27-22(30)9-17-7-5-6-8-19(17)25/h5-8,12,15-16,20H,9-11,13-14H2,1-4H3,(H,27,30)/t15-,16-,20+/m1/s1. The molecule has 2 heterocycles. The summed E-state index contributed by atoms with van der Waals surface area (Å²) in [5.74, 6) is 0.164. The molecule has 2 aromatic rings. The zero-order valence-electron chi connectivity index (χ0n) is 18.7. The molecular weight excluding hydrogens is 395 g/mol. The average molecular weight is 427 g/mol. The summed E-state index contributed by atoms with van der Waals surface area (Å²) in [6.07, 6.45) is 3.74. The third kappa shape index (κ3) is 5.03. The lowest BCUT2D eigenvalue weighted by molar-refractivity contribution is -0.121. The molecule has 7 heteroatoms. The van der Waals surface area contributed by atoms with E-state index in [2.05, 4.69) is 42.9 Å². The van der Waals surface area contributed by atoms with Gasteiger partial charge in [0.1, 0.15) is 5.82 Å². The van der Waals surface area contributed by atoms with Crippen LogP contribution in [0.15, 0.2) is 30.5 Å². The number of anilines is 1. The number of ether oxygens (including phenoxy) is 1. The number of halogens is 1. The van der Waals surface area contributed by atoms with E-state index in [1.165, 1.54) is 6.07 Å². The lowest BCUT2D eigenvalue weighted by atomic mass is 9.74. The predicted molar refractivity (Wildman–Crippen MR) is 117 cm³/mol. The summed E-state index contributed by atoms with van der Waals surface area (Å²) in [6.45, 7) is 10.0. The monoisotopic (exact) mass is 426 g/mol. The molecule has 0 radical (unpaired) electrons. The Labute approximate surface area is 183 Å². The van der Waals surface area contributed by atoms with Gasteiger partial charge in [0, 0.05) is 24.8 Å². The van der Waals surface area contributed by atoms with Crippen molar-refractivity contribution in [2.24, 2.45) is 5.41 Å². The molecule has 4 rings (SSSR count). The zero-order chi connectivity index (χ0) is 22.2. The van der Waals surface area contributed by atoms with Crippen LogP contribution in [0.4, 0.5) is 10.3 Å². The van der Waals surface area contributed by atoms with Crippen LogP contribution in [-0.4, -0.2) is 41.2 Å². The summed E-state index contributed by atoms with van der Waals surface area (Å²) in [5.41, 5.74) is 2.32. The Balaban J connectivity index is 1.54. The third-order valence-corrected chi connectivity index (χ3v) is 6.01. The molecule has 0 unspecified atom stereocenters. The number of rotatable bonds is 4. The fourth-order valence-electron chi connectivity index (χ4n) is 4.72. The van der Waals surface area contributed by atoms with Gasteiger partial charge in [-0.3, -0.25) is 4.79 Å². The van der Waals surface area contributed by atoms with E-state index in [0.717, 1.165) is 43.1 Å². The van der Waals surface area contributed by atoms with E-state index in [-0.39, 0.29) is 41.8 Å². The van der Waals surface area contributed by atoms with Crippen LogP contribution in [0.25, 0.3) is 0 Å². The lowest BCUT2D eigenvalue weighted by Crippen LogP contribution is -2.46. The molecule has 2 aliphatic rings. The number of nitrogens with zero attached hydrogens (tertiary/aromatic N) is 3. The van der Waals surface area contributed by atoms with Crippen molar-refractivity contribution in [1.82, 2.24) is 15.3 Å². The fourth-order valence-corrected chi connectivity index (χ4v) is 4.72. The molecule has 1 aliphatic carbocycles. The Morgan fingerprint density at radius 1 is 1.26 bits per heavy atom. The van der Waals surface area contributed by atoms with Crippen molar-refractivity contribution >= 4 is 11.9 Å². The van der Waals surface area contributed by atoms with E-state index in [9.17, 15) is 9.18 Å². The lowest BCUT2D eigenvalue weighted by Gasteiger charge is -2.38. The van der Waals surface area contributed by atoms with Gasteiger partial charge in [-0.15, -0.1) is 0 Å². The number of nitrogens with one attached hydrogen (secondary N) is 1. The van der Waals surface area contributed by atoms with Gasteiger partial charge in [-0.25, -0.2) is 14.4 Å². The minimum absolute atomic E-state index is 0.0137. The number of aromatic nitrogens is 2. The maximum atomic E-state index is 14.0. The first-order chi connectivity index (χ1) is 14.7. The van der Waals surface area contributed by atoms with Crippen LogP contribution in [0.2, 0.25) is 0 Å². The van der Waals surface area contributed by atoms with Crippen molar-refractivity contribution < 1.29 is 13.9 Å². The van der Waals surface area contributed by atoms with Crippen LogP contribution in [0.1, 0.15) is 57.0 Å². The molecule has 0 bridgehead atoms. The second-order valence-electron chi connectivity index (χ2n) is 9.67. The van der Waals surface area contributed by atoms with Crippen molar-refractivity contribution in [3.63, 3.8) is 0 Å². The quantitative estimate of drug-likeness (QED) is 0.809. The minimum atomic E-state index is -0.357. The van der Waals surface area contributed by atoms with Crippen molar-refractivity contribution in [3.05, 3.63) is 53.1 Å². The number of carbonyl (C=O) groups is 1. The van der Waals surface area contributed by atoms with E-state index >= 15 is 0 Å². The molecule has 31 heavy (non-hydrogen) atoms. The molecule has 1 aromatic carbocycles. The van der Waals surface area contributed by atoms with Crippen LogP contribution in [-0.2, 0) is 22.4 Å². The number of amides is 1. The van der Waals surface area contributed by atoms with Gasteiger partial charge in [0.2, 0.25) is 11.9 Å². The number of carbonyl (C=O) groups excluding carboxylic acids is 1. The van der Waals surface area contributed by atoms with Crippen LogP contribution < -0.4 is 10.2 Å². The highest BCUT2D eigenvalue weighted by Crippen LogP contribution is 2.40. The van der Waals surface area contributed by atoms with Crippen molar-refractivity contribution in [3.8, 4) is 0 Å². The van der Waals surface area contributed by atoms with Crippen molar-refractivity contribution in [2.75, 3.05) is 18.0 Å². The number of morpholine rings is 1. The normalized spacial score (nSPS) is 25.1. The highest BCUT2D eigenvalue weighted by molar-refractivity contribution is 5.79. The molecule has 6 nitrogen and oxygen atoms in total. The van der Waals surface area contributed by atoms with Crippen LogP contribution >= 0.6 is 0 Å². The van der Waals surface area contributed by atoms with Gasteiger partial charge in [-0.1, -0.05) is 32.0 Å². The molecule has 1 aliphatic heterocycles. The smallest absolute Gasteiger partial charge is 0.225 e. The molecular formula is C24H31FN4O2. The van der Waals surface area contributed by atoms with Crippen molar-refractivity contribution in [1.29, 1.82) is 0 Å². The van der Waals surface area contributed by atoms with Gasteiger partial charge < -0.3 is 15.0 Å². The summed E-state index contributed by atoms with van der Waals surface area (Å²) in [6, 6.07) is 6.21. The van der Waals surface area contributed by atoms with Crippen LogP contribution in [0.5, 0.6) is 0 Å². The summed E-state index contributed by atoms with van der Waals surface area (Å²) in [4.78, 5) is 24.4. The predicted octanol–water partition coefficient (Wildman–Crippen LogP) is 3.60. The van der Waals surface area contributed by atoms with Gasteiger partial charge in [0.25, 0.3) is 0 Å². The first-order valence-corrected chi connectivity index (χ1v) is 11.0. The molecule has 1 N–H and O–H groups in total. The first-order valence-electron chi connectivity index (χ1n) is 11.0. The molecule has 0 spiro atoms. The Kier molecular flexibility index (Phi) is 5.97. The number of hydrogen-bond acceptors (Lipinski definition) is 5. The van der Waals surface area contributed by atoms with E-state index in [1.807, 2.05) is 6.20 Å². The molecule has 1 aromatic heterocycles. The average Bonchev–Trinajstić information content (AvgIpc) is 2.67. The molecule has 0 saturated carbocycles. The Hall–Kier alpha value is -2.54. The van der Waals surface area contributed by atoms with Crippen LogP contribution in [0.3, 0.4) is 0 Å². The van der Waals surface area contributed by atoms with E-state index < -0.39 is 0 Å². The van der Waals surface area contributed by atoms with E-state index in [1.54, 1.807) is 18.2 Å². The maximum absolute atomic E-state index is 14.0. The molecule has 1 saturated heterocycles. The minimum Gasteiger partial charge on any atom is -0.372 e. The highest BCUT2D eigenvalue weighted by Gasteiger charge is 2.35. The first kappa shape index (κ1) is 21.7. The number of fused-ring (bicyclic) bond motifs is 1. The van der Waals surface area contributed by atoms with Gasteiger partial charge in [-0.2, -0.15) is 0 Å². The molecule has 3 atom stereocenters. The fraction of sp³-hybridized carbons (Fsp3) is 0.542. The number of hydrogen-bond donors (Lipinski definition) is 1. The maximum Gasteiger partial charge on any atom is 0.225 e. The molecule has 1 fully saturated rings. The van der Waals surface area contributed by atoms with Gasteiger partial charge in [-0.05, 0) is 43.7 Å². The van der Waals surface area contributed by atoms with Gasteiger partial charge in [0.05, 0.1) is 30.4 Å². The zero-order valence-corrected chi connectivity index (χ0v) is 18.7. The summed E-state index contributed by atoms with van der Waals surface area (Å²) in [5, 5.41) is 3.10. The SMILES string of the molecule is C[C@@H]1CN(c2ncc3c(n2)CC(C)(C)C[C@@H]3NC(=O)Cc2ccccc2F)C[C@@H](C)O1. The highest BCUT2D eigenvalue weighted by atomic mass is 19.1. The third-order valence-electron chi connectivity index (χ3n) is 6.01. The molecule has 1 amide bonds. The second-order valence-corrected chi connectivity index (χ2v) is 9.67. The van der Waals surface area contributed by atoms with E-state index in [4.69, 9.17) is 9.72 Å². The Morgan fingerprint density at radius 3 is 2.68 bits per heavy atom. The number of benzene rings is 1. The van der Waals surface area contributed by atoms with E-state index in [0.29, 0.717) is 5.56 Å². The second kappa shape index (κ2) is 8.54. The van der Waals surface area contributed by atoms with Gasteiger partial charge >= 0.3 is 0 Å². The summed E-state index contributed by atoms with van der Waals surface area (Å²) < 4.78 is 19.8. The largest absolute Gasteiger partial charge is 0.372 e. The summed E-state index contributed by atoms with van der Waals surface area (Å²) >= 11 is 0. The van der Waals surface area contributed by atoms with Crippen LogP contribution in [0, 0.1) is 11.2 Å². The summed E-state index contributed by atoms with van der Waals surface area (Å²) in [7, 11) is 0. The Bertz CT molecular complexity index is 954.